The van der Waals surface area contributed by atoms with Gasteiger partial charge in [-0.05, 0) is 42.8 Å². The number of aryl methyl sites for hydroxylation is 1. The Morgan fingerprint density at radius 2 is 1.90 bits per heavy atom. The second-order valence-electron chi connectivity index (χ2n) is 5.67. The Bertz CT molecular complexity index is 1050. The summed E-state index contributed by atoms with van der Waals surface area (Å²) in [5.74, 6) is -0.347. The predicted molar refractivity (Wildman–Crippen MR) is 109 cm³/mol. The molecule has 0 saturated heterocycles. The van der Waals surface area contributed by atoms with Crippen LogP contribution in [0.1, 0.15) is 12.0 Å². The number of nitrogens with zero attached hydrogens (tertiary/aromatic N) is 3. The van der Waals surface area contributed by atoms with Gasteiger partial charge in [0.25, 0.3) is 5.09 Å². The quantitative estimate of drug-likeness (QED) is 0.132. The number of benzene rings is 2. The Labute approximate surface area is 176 Å². The fourth-order valence-corrected chi connectivity index (χ4v) is 2.99. The van der Waals surface area contributed by atoms with Crippen LogP contribution in [0.4, 0.5) is 4.39 Å². The summed E-state index contributed by atoms with van der Waals surface area (Å²) in [6.45, 7) is 2.03. The van der Waals surface area contributed by atoms with Gasteiger partial charge in [-0.3, -0.25) is 0 Å². The lowest BCUT2D eigenvalue weighted by Crippen LogP contribution is -2.21. The number of hydrogen-bond donors (Lipinski definition) is 3. The summed E-state index contributed by atoms with van der Waals surface area (Å²) in [6.07, 6.45) is 1.91. The van der Waals surface area contributed by atoms with E-state index in [0.717, 1.165) is 17.7 Å². The number of hydrogen-bond acceptors (Lipinski definition) is 8. The molecule has 5 N–H and O–H groups in total. The number of guanidine groups is 1. The van der Waals surface area contributed by atoms with E-state index in [2.05, 4.69) is 10.2 Å². The van der Waals surface area contributed by atoms with Crippen molar-refractivity contribution in [1.29, 1.82) is 0 Å². The van der Waals surface area contributed by atoms with Gasteiger partial charge in [0.2, 0.25) is 5.96 Å². The topological polar surface area (TPSA) is 193 Å². The molecule has 0 spiro atoms. The van der Waals surface area contributed by atoms with Gasteiger partial charge < -0.3 is 25.6 Å². The summed E-state index contributed by atoms with van der Waals surface area (Å²) in [6, 6.07) is 9.25. The Morgan fingerprint density at radius 1 is 1.26 bits per heavy atom. The van der Waals surface area contributed by atoms with Crippen LogP contribution in [0.15, 0.2) is 57.6 Å². The smallest absolute Gasteiger partial charge is 0.339 e. The molecule has 0 bridgehead atoms. The van der Waals surface area contributed by atoms with E-state index in [1.165, 1.54) is 30.5 Å². The highest BCUT2D eigenvalue weighted by Gasteiger charge is 2.18. The Kier molecular flexibility index (Phi) is 9.65. The normalized spacial score (nSPS) is 10.6. The SMILES string of the molecule is Cc1cc(OCC/C=N\N=C(N)N)cc(OS(=O)(=O)c2cccc(F)c2)c1.O=[N+]([O-])O. The van der Waals surface area contributed by atoms with Crippen LogP contribution in [0.2, 0.25) is 0 Å². The van der Waals surface area contributed by atoms with Crippen LogP contribution < -0.4 is 20.4 Å². The third kappa shape index (κ3) is 10.4. The molecule has 2 aromatic rings. The summed E-state index contributed by atoms with van der Waals surface area (Å²) in [7, 11) is -4.17. The van der Waals surface area contributed by atoms with Gasteiger partial charge in [-0.25, -0.2) is 4.39 Å². The molecule has 14 heteroatoms. The zero-order valence-corrected chi connectivity index (χ0v) is 17.0. The number of rotatable bonds is 8. The first-order valence-electron chi connectivity index (χ1n) is 8.38. The van der Waals surface area contributed by atoms with E-state index in [1.807, 2.05) is 0 Å². The molecule has 0 aliphatic heterocycles. The first-order valence-corrected chi connectivity index (χ1v) is 9.78. The standard InChI is InChI=1S/C17H19FN4O4S.HNO3/c1-12-8-14(25-7-3-6-21-22-17(19)20)11-15(9-12)26-27(23,24)16-5-2-4-13(18)10-16;2-1(3)4/h2,4-6,8-11H,3,7H2,1H3,(H4,19,20,22);(H,2,3,4)/b21-6-;. The largest absolute Gasteiger partial charge is 0.493 e. The third-order valence-electron chi connectivity index (χ3n) is 3.09. The van der Waals surface area contributed by atoms with Gasteiger partial charge in [0.1, 0.15) is 22.2 Å². The molecule has 0 fully saturated rings. The molecule has 0 aromatic heterocycles. The van der Waals surface area contributed by atoms with Crippen molar-refractivity contribution in [3.05, 3.63) is 64.0 Å². The first kappa shape index (κ1) is 25.1. The Hall–Kier alpha value is -3.94. The van der Waals surface area contributed by atoms with E-state index >= 15 is 0 Å². The van der Waals surface area contributed by atoms with E-state index in [1.54, 1.807) is 13.0 Å². The van der Waals surface area contributed by atoms with Gasteiger partial charge in [0.15, 0.2) is 0 Å². The van der Waals surface area contributed by atoms with Crippen LogP contribution in [0, 0.1) is 22.9 Å². The van der Waals surface area contributed by atoms with Crippen LogP contribution in [0.5, 0.6) is 11.5 Å². The molecular weight excluding hydrogens is 437 g/mol. The molecule has 0 amide bonds. The minimum absolute atomic E-state index is 0.0587. The van der Waals surface area contributed by atoms with Crippen molar-refractivity contribution in [1.82, 2.24) is 0 Å². The van der Waals surface area contributed by atoms with E-state index in [4.69, 9.17) is 35.7 Å². The number of ether oxygens (including phenoxy) is 1. The maximum atomic E-state index is 13.3. The molecule has 0 saturated carbocycles. The molecule has 0 aliphatic rings. The van der Waals surface area contributed by atoms with E-state index < -0.39 is 21.0 Å². The van der Waals surface area contributed by atoms with Crippen molar-refractivity contribution in [3.63, 3.8) is 0 Å². The number of halogens is 1. The molecule has 31 heavy (non-hydrogen) atoms. The van der Waals surface area contributed by atoms with Crippen LogP contribution in [0.3, 0.4) is 0 Å². The molecule has 0 heterocycles. The van der Waals surface area contributed by atoms with Crippen molar-refractivity contribution in [3.8, 4) is 11.5 Å². The van der Waals surface area contributed by atoms with Crippen molar-refractivity contribution in [2.75, 3.05) is 6.61 Å². The maximum absolute atomic E-state index is 13.3. The lowest BCUT2D eigenvalue weighted by molar-refractivity contribution is -0.742. The second-order valence-corrected chi connectivity index (χ2v) is 7.22. The molecule has 2 rings (SSSR count). The van der Waals surface area contributed by atoms with Crippen LogP contribution in [-0.4, -0.2) is 37.5 Å². The third-order valence-corrected chi connectivity index (χ3v) is 4.33. The Balaban J connectivity index is 0.00000110. The lowest BCUT2D eigenvalue weighted by atomic mass is 10.2. The molecule has 12 nitrogen and oxygen atoms in total. The minimum Gasteiger partial charge on any atom is -0.493 e. The van der Waals surface area contributed by atoms with Gasteiger partial charge in [-0.2, -0.15) is 13.5 Å². The highest BCUT2D eigenvalue weighted by atomic mass is 32.2. The van der Waals surface area contributed by atoms with Gasteiger partial charge in [-0.15, -0.1) is 15.2 Å². The summed E-state index contributed by atoms with van der Waals surface area (Å²) in [4.78, 5) is 8.09. The average molecular weight is 457 g/mol. The summed E-state index contributed by atoms with van der Waals surface area (Å²) in [5, 5.41) is 20.7. The predicted octanol–water partition coefficient (Wildman–Crippen LogP) is 1.58. The van der Waals surface area contributed by atoms with Crippen LogP contribution in [-0.2, 0) is 10.1 Å². The van der Waals surface area contributed by atoms with Gasteiger partial charge in [-0.1, -0.05) is 6.07 Å². The highest BCUT2D eigenvalue weighted by molar-refractivity contribution is 7.87. The summed E-state index contributed by atoms with van der Waals surface area (Å²) in [5.41, 5.74) is 11.0. The first-order chi connectivity index (χ1) is 14.5. The van der Waals surface area contributed by atoms with Crippen LogP contribution in [0.25, 0.3) is 0 Å². The van der Waals surface area contributed by atoms with E-state index in [0.29, 0.717) is 12.2 Å². The molecule has 168 valence electrons. The van der Waals surface area contributed by atoms with Gasteiger partial charge >= 0.3 is 10.1 Å². The van der Waals surface area contributed by atoms with Crippen molar-refractivity contribution in [2.24, 2.45) is 21.7 Å². The van der Waals surface area contributed by atoms with Crippen molar-refractivity contribution >= 4 is 22.3 Å². The fraction of sp³-hybridized carbons (Fsp3) is 0.176. The second kappa shape index (κ2) is 11.9. The lowest BCUT2D eigenvalue weighted by Gasteiger charge is -2.11. The summed E-state index contributed by atoms with van der Waals surface area (Å²) < 4.78 is 48.5. The molecule has 2 aromatic carbocycles. The van der Waals surface area contributed by atoms with Crippen molar-refractivity contribution in [2.45, 2.75) is 18.2 Å². The molecule has 0 atom stereocenters. The highest BCUT2D eigenvalue weighted by Crippen LogP contribution is 2.26. The van der Waals surface area contributed by atoms with Gasteiger partial charge in [0.05, 0.1) is 6.61 Å². The van der Waals surface area contributed by atoms with Crippen LogP contribution >= 0.6 is 0 Å². The zero-order valence-electron chi connectivity index (χ0n) is 16.2. The van der Waals surface area contributed by atoms with E-state index in [-0.39, 0.29) is 23.2 Å². The Morgan fingerprint density at radius 3 is 2.52 bits per heavy atom. The van der Waals surface area contributed by atoms with Crippen molar-refractivity contribution < 1.29 is 32.0 Å². The fourth-order valence-electron chi connectivity index (χ4n) is 2.04. The maximum Gasteiger partial charge on any atom is 0.339 e. The summed E-state index contributed by atoms with van der Waals surface area (Å²) >= 11 is 0. The molecular formula is C17H20FN5O7S. The average Bonchev–Trinajstić information content (AvgIpc) is 2.63. The minimum atomic E-state index is -4.17. The van der Waals surface area contributed by atoms with E-state index in [9.17, 15) is 12.8 Å². The zero-order chi connectivity index (χ0) is 23.4. The molecule has 0 aliphatic carbocycles. The molecule has 0 unspecified atom stereocenters. The molecule has 0 radical (unpaired) electrons. The number of nitrogens with two attached hydrogens (primary N) is 2. The monoisotopic (exact) mass is 457 g/mol. The van der Waals surface area contributed by atoms with Gasteiger partial charge in [0, 0.05) is 18.7 Å².